The molecule has 0 spiro atoms. The van der Waals surface area contributed by atoms with Crippen molar-refractivity contribution in [2.45, 2.75) is 44.1 Å². The number of likely N-dealkylation sites (tertiary alicyclic amines) is 1. The number of piperidine rings is 1. The lowest BCUT2D eigenvalue weighted by atomic mass is 9.93. The Labute approximate surface area is 175 Å². The second kappa shape index (κ2) is 10.1. The van der Waals surface area contributed by atoms with Crippen molar-refractivity contribution in [2.75, 3.05) is 26.2 Å². The molecular formula is C21H28ClN3O4. The number of carboxylic acids is 1. The van der Waals surface area contributed by atoms with Crippen LogP contribution in [0.25, 0.3) is 0 Å². The van der Waals surface area contributed by atoms with Crippen LogP contribution in [0, 0.1) is 5.92 Å². The number of carbonyl (C=O) groups excluding carboxylic acids is 2. The summed E-state index contributed by atoms with van der Waals surface area (Å²) < 4.78 is 0. The van der Waals surface area contributed by atoms with Crippen molar-refractivity contribution in [3.63, 3.8) is 0 Å². The zero-order valence-corrected chi connectivity index (χ0v) is 17.2. The third kappa shape index (κ3) is 5.93. The molecule has 0 aromatic heterocycles. The number of amides is 2. The standard InChI is InChI=1S/C21H28ClN3O4/c22-17-5-3-14(4-6-17)16(13-24-20(27)18-2-1-9-23-18)12-19(26)25-10-7-15(8-11-25)21(28)29/h3-6,15-16,18,23H,1-2,7-13H2,(H,24,27)(H,28,29). The molecule has 2 amide bonds. The van der Waals surface area contributed by atoms with Gasteiger partial charge in [0.15, 0.2) is 0 Å². The number of hydrogen-bond donors (Lipinski definition) is 3. The first kappa shape index (κ1) is 21.6. The highest BCUT2D eigenvalue weighted by molar-refractivity contribution is 6.30. The van der Waals surface area contributed by atoms with E-state index in [-0.39, 0.29) is 36.1 Å². The Hall–Kier alpha value is -2.12. The number of rotatable bonds is 7. The van der Waals surface area contributed by atoms with Crippen LogP contribution in [0.3, 0.4) is 0 Å². The molecule has 2 aliphatic heterocycles. The van der Waals surface area contributed by atoms with Gasteiger partial charge >= 0.3 is 5.97 Å². The second-order valence-electron chi connectivity index (χ2n) is 7.84. The Balaban J connectivity index is 1.61. The number of carboxylic acid groups (broad SMARTS) is 1. The molecule has 0 radical (unpaired) electrons. The summed E-state index contributed by atoms with van der Waals surface area (Å²) in [7, 11) is 0. The van der Waals surface area contributed by atoms with Crippen LogP contribution in [0.15, 0.2) is 24.3 Å². The van der Waals surface area contributed by atoms with Crippen LogP contribution in [0.1, 0.15) is 43.6 Å². The summed E-state index contributed by atoms with van der Waals surface area (Å²) >= 11 is 6.00. The molecule has 2 atom stereocenters. The van der Waals surface area contributed by atoms with Gasteiger partial charge in [-0.1, -0.05) is 23.7 Å². The van der Waals surface area contributed by atoms with E-state index in [4.69, 9.17) is 16.7 Å². The smallest absolute Gasteiger partial charge is 0.306 e. The van der Waals surface area contributed by atoms with Gasteiger partial charge in [0.2, 0.25) is 11.8 Å². The first-order valence-corrected chi connectivity index (χ1v) is 10.6. The highest BCUT2D eigenvalue weighted by atomic mass is 35.5. The van der Waals surface area contributed by atoms with Gasteiger partial charge < -0.3 is 20.6 Å². The van der Waals surface area contributed by atoms with E-state index < -0.39 is 5.97 Å². The fraction of sp³-hybridized carbons (Fsp3) is 0.571. The summed E-state index contributed by atoms with van der Waals surface area (Å²) in [5, 5.41) is 15.9. The summed E-state index contributed by atoms with van der Waals surface area (Å²) in [6, 6.07) is 7.18. The molecule has 1 aromatic carbocycles. The zero-order chi connectivity index (χ0) is 20.8. The molecule has 0 saturated carbocycles. The number of aliphatic carboxylic acids is 1. The van der Waals surface area contributed by atoms with Crippen LogP contribution in [0.2, 0.25) is 5.02 Å². The lowest BCUT2D eigenvalue weighted by molar-refractivity contribution is -0.145. The number of benzene rings is 1. The molecule has 2 fully saturated rings. The molecule has 2 unspecified atom stereocenters. The molecule has 1 aromatic rings. The van der Waals surface area contributed by atoms with Gasteiger partial charge in [-0.2, -0.15) is 0 Å². The number of nitrogens with one attached hydrogen (secondary N) is 2. The third-order valence-electron chi connectivity index (χ3n) is 5.86. The maximum Gasteiger partial charge on any atom is 0.306 e. The van der Waals surface area contributed by atoms with Crippen molar-refractivity contribution in [1.29, 1.82) is 0 Å². The lowest BCUT2D eigenvalue weighted by Crippen LogP contribution is -2.43. The number of halogens is 1. The molecule has 7 nitrogen and oxygen atoms in total. The Kier molecular flexibility index (Phi) is 7.50. The highest BCUT2D eigenvalue weighted by Gasteiger charge is 2.29. The Bertz CT molecular complexity index is 726. The van der Waals surface area contributed by atoms with Crippen molar-refractivity contribution in [1.82, 2.24) is 15.5 Å². The van der Waals surface area contributed by atoms with Crippen molar-refractivity contribution >= 4 is 29.4 Å². The molecule has 158 valence electrons. The summed E-state index contributed by atoms with van der Waals surface area (Å²) in [4.78, 5) is 38.1. The molecule has 2 saturated heterocycles. The van der Waals surface area contributed by atoms with Crippen molar-refractivity contribution < 1.29 is 19.5 Å². The first-order valence-electron chi connectivity index (χ1n) is 10.2. The molecule has 29 heavy (non-hydrogen) atoms. The van der Waals surface area contributed by atoms with E-state index in [1.54, 1.807) is 17.0 Å². The maximum atomic E-state index is 12.9. The van der Waals surface area contributed by atoms with E-state index in [9.17, 15) is 14.4 Å². The van der Waals surface area contributed by atoms with Gasteiger partial charge in [0.25, 0.3) is 0 Å². The van der Waals surface area contributed by atoms with Crippen LogP contribution >= 0.6 is 11.6 Å². The average Bonchev–Trinajstić information content (AvgIpc) is 3.26. The van der Waals surface area contributed by atoms with E-state index in [2.05, 4.69) is 10.6 Å². The van der Waals surface area contributed by atoms with Gasteiger partial charge in [0, 0.05) is 37.0 Å². The SMILES string of the molecule is O=C(O)C1CCN(C(=O)CC(CNC(=O)C2CCCN2)c2ccc(Cl)cc2)CC1. The van der Waals surface area contributed by atoms with E-state index in [0.29, 0.717) is 37.5 Å². The molecular weight excluding hydrogens is 394 g/mol. The van der Waals surface area contributed by atoms with E-state index in [0.717, 1.165) is 24.9 Å². The fourth-order valence-corrected chi connectivity index (χ4v) is 4.14. The number of carbonyl (C=O) groups is 3. The summed E-state index contributed by atoms with van der Waals surface area (Å²) in [5.41, 5.74) is 0.947. The Morgan fingerprint density at radius 3 is 2.45 bits per heavy atom. The van der Waals surface area contributed by atoms with Gasteiger partial charge in [0.1, 0.15) is 0 Å². The van der Waals surface area contributed by atoms with Crippen LogP contribution in [-0.2, 0) is 14.4 Å². The minimum absolute atomic E-state index is 0.0120. The van der Waals surface area contributed by atoms with Crippen LogP contribution < -0.4 is 10.6 Å². The number of hydrogen-bond acceptors (Lipinski definition) is 4. The third-order valence-corrected chi connectivity index (χ3v) is 6.11. The van der Waals surface area contributed by atoms with Gasteiger partial charge in [-0.15, -0.1) is 0 Å². The summed E-state index contributed by atoms with van der Waals surface area (Å²) in [6.07, 6.45) is 3.05. The average molecular weight is 422 g/mol. The second-order valence-corrected chi connectivity index (χ2v) is 8.28. The largest absolute Gasteiger partial charge is 0.481 e. The van der Waals surface area contributed by atoms with E-state index in [1.165, 1.54) is 0 Å². The zero-order valence-electron chi connectivity index (χ0n) is 16.4. The van der Waals surface area contributed by atoms with Gasteiger partial charge in [0.05, 0.1) is 12.0 Å². The van der Waals surface area contributed by atoms with Gasteiger partial charge in [-0.25, -0.2) is 0 Å². The summed E-state index contributed by atoms with van der Waals surface area (Å²) in [5.74, 6) is -1.37. The molecule has 0 bridgehead atoms. The predicted molar refractivity (Wildman–Crippen MR) is 110 cm³/mol. The minimum Gasteiger partial charge on any atom is -0.481 e. The molecule has 2 aliphatic rings. The molecule has 3 N–H and O–H groups in total. The van der Waals surface area contributed by atoms with E-state index in [1.807, 2.05) is 12.1 Å². The number of nitrogens with zero attached hydrogens (tertiary/aromatic N) is 1. The normalized spacial score (nSPS) is 21.0. The van der Waals surface area contributed by atoms with Gasteiger partial charge in [-0.3, -0.25) is 14.4 Å². The van der Waals surface area contributed by atoms with Crippen LogP contribution in [-0.4, -0.2) is 60.0 Å². The Morgan fingerprint density at radius 2 is 1.86 bits per heavy atom. The topological polar surface area (TPSA) is 98.7 Å². The monoisotopic (exact) mass is 421 g/mol. The Morgan fingerprint density at radius 1 is 1.17 bits per heavy atom. The van der Waals surface area contributed by atoms with E-state index >= 15 is 0 Å². The summed E-state index contributed by atoms with van der Waals surface area (Å²) in [6.45, 7) is 2.14. The first-order chi connectivity index (χ1) is 13.9. The fourth-order valence-electron chi connectivity index (χ4n) is 4.01. The van der Waals surface area contributed by atoms with Crippen LogP contribution in [0.5, 0.6) is 0 Å². The molecule has 3 rings (SSSR count). The van der Waals surface area contributed by atoms with Crippen molar-refractivity contribution in [2.24, 2.45) is 5.92 Å². The minimum atomic E-state index is -0.792. The predicted octanol–water partition coefficient (Wildman–Crippen LogP) is 2.01. The van der Waals surface area contributed by atoms with Crippen LogP contribution in [0.4, 0.5) is 0 Å². The molecule has 2 heterocycles. The molecule has 0 aliphatic carbocycles. The van der Waals surface area contributed by atoms with Gasteiger partial charge in [-0.05, 0) is 49.9 Å². The maximum absolute atomic E-state index is 12.9. The lowest BCUT2D eigenvalue weighted by Gasteiger charge is -2.31. The highest BCUT2D eigenvalue weighted by Crippen LogP contribution is 2.24. The quantitative estimate of drug-likeness (QED) is 0.625. The molecule has 8 heteroatoms. The van der Waals surface area contributed by atoms with Crippen molar-refractivity contribution in [3.05, 3.63) is 34.9 Å². The van der Waals surface area contributed by atoms with Crippen molar-refractivity contribution in [3.8, 4) is 0 Å².